The van der Waals surface area contributed by atoms with Gasteiger partial charge in [-0.1, -0.05) is 41.5 Å². The maximum absolute atomic E-state index is 13.8. The Kier molecular flexibility index (Phi) is 11.0. The van der Waals surface area contributed by atoms with Gasteiger partial charge in [0.15, 0.2) is 5.75 Å². The van der Waals surface area contributed by atoms with E-state index < -0.39 is 5.25 Å². The van der Waals surface area contributed by atoms with Gasteiger partial charge in [0.1, 0.15) is 30.1 Å². The zero-order valence-electron chi connectivity index (χ0n) is 28.3. The van der Waals surface area contributed by atoms with Gasteiger partial charge >= 0.3 is 5.97 Å². The normalized spacial score (nSPS) is 18.5. The molecule has 0 spiro atoms. The van der Waals surface area contributed by atoms with Crippen molar-refractivity contribution in [3.05, 3.63) is 52.6 Å². The zero-order chi connectivity index (χ0) is 33.1. The number of nitrogens with zero attached hydrogens (tertiary/aromatic N) is 2. The average Bonchev–Trinajstić information content (AvgIpc) is 3.51. The molecule has 1 saturated heterocycles. The lowest BCUT2D eigenvalue weighted by molar-refractivity contribution is -0.194. The molecule has 45 heavy (non-hydrogen) atoms. The van der Waals surface area contributed by atoms with Gasteiger partial charge in [0, 0.05) is 24.7 Å². The van der Waals surface area contributed by atoms with Crippen LogP contribution in [0.3, 0.4) is 0 Å². The largest absolute Gasteiger partial charge is 0.507 e. The van der Waals surface area contributed by atoms with E-state index in [2.05, 4.69) is 46.4 Å². The van der Waals surface area contributed by atoms with Crippen LogP contribution in [0.15, 0.2) is 30.3 Å². The van der Waals surface area contributed by atoms with Gasteiger partial charge in [-0.05, 0) is 85.6 Å². The lowest BCUT2D eigenvalue weighted by Crippen LogP contribution is -2.35. The molecule has 1 amide bonds. The number of hydrogen-bond donors (Lipinski definition) is 1. The summed E-state index contributed by atoms with van der Waals surface area (Å²) in [5, 5.41) is 10.5. The fourth-order valence-electron chi connectivity index (χ4n) is 5.53. The van der Waals surface area contributed by atoms with Gasteiger partial charge in [0.05, 0.1) is 17.8 Å². The molecule has 2 aliphatic heterocycles. The van der Waals surface area contributed by atoms with Crippen molar-refractivity contribution >= 4 is 23.6 Å². The molecule has 1 fully saturated rings. The number of likely N-dealkylation sites (N-methyl/N-ethyl adjacent to an activating group) is 1. The molecular weight excluding hydrogens is 592 g/mol. The summed E-state index contributed by atoms with van der Waals surface area (Å²) in [6, 6.07) is 9.78. The highest BCUT2D eigenvalue weighted by molar-refractivity contribution is 8.01. The average molecular weight is 643 g/mol. The van der Waals surface area contributed by atoms with E-state index in [1.165, 1.54) is 11.8 Å². The summed E-state index contributed by atoms with van der Waals surface area (Å²) in [4.78, 5) is 40.7. The SMILES string of the molecule is CC(C)OC(=O)CC1SC(c2cc(C(C)(C)C)c(O)c(C(C)(C)C)c2)N(CCCN(C)CCOc2ccc3c(c2)OOC3)C1=O. The lowest BCUT2D eigenvalue weighted by atomic mass is 9.78. The molecule has 2 heterocycles. The molecule has 248 valence electrons. The molecule has 0 aliphatic carbocycles. The molecule has 9 nitrogen and oxygen atoms in total. The second-order valence-corrected chi connectivity index (χ2v) is 15.6. The molecule has 0 saturated carbocycles. The van der Waals surface area contributed by atoms with Crippen LogP contribution in [0.2, 0.25) is 0 Å². The van der Waals surface area contributed by atoms with Crippen molar-refractivity contribution in [2.75, 3.05) is 33.3 Å². The van der Waals surface area contributed by atoms with E-state index in [0.717, 1.165) is 41.0 Å². The number of fused-ring (bicyclic) bond motifs is 1. The number of aromatic hydroxyl groups is 1. The van der Waals surface area contributed by atoms with E-state index in [1.807, 2.05) is 56.1 Å². The highest BCUT2D eigenvalue weighted by atomic mass is 32.2. The number of hydrogen-bond acceptors (Lipinski definition) is 9. The number of rotatable bonds is 12. The van der Waals surface area contributed by atoms with E-state index in [4.69, 9.17) is 19.2 Å². The molecule has 2 atom stereocenters. The first-order chi connectivity index (χ1) is 21.0. The molecule has 0 aromatic heterocycles. The Morgan fingerprint density at radius 2 is 1.76 bits per heavy atom. The second kappa shape index (κ2) is 14.2. The van der Waals surface area contributed by atoms with Crippen molar-refractivity contribution < 1.29 is 33.9 Å². The molecule has 0 bridgehead atoms. The van der Waals surface area contributed by atoms with Gasteiger partial charge in [-0.3, -0.25) is 9.59 Å². The monoisotopic (exact) mass is 642 g/mol. The Morgan fingerprint density at radius 1 is 1.09 bits per heavy atom. The van der Waals surface area contributed by atoms with E-state index in [-0.39, 0.29) is 40.6 Å². The topological polar surface area (TPSA) is 97.8 Å². The maximum Gasteiger partial charge on any atom is 0.307 e. The Labute approximate surface area is 272 Å². The number of amides is 1. The summed E-state index contributed by atoms with van der Waals surface area (Å²) in [7, 11) is 2.04. The van der Waals surface area contributed by atoms with Crippen molar-refractivity contribution in [2.24, 2.45) is 0 Å². The van der Waals surface area contributed by atoms with Crippen LogP contribution in [-0.2, 0) is 36.7 Å². The molecule has 1 N–H and O–H groups in total. The third-order valence-corrected chi connectivity index (χ3v) is 9.45. The van der Waals surface area contributed by atoms with Crippen LogP contribution < -0.4 is 9.62 Å². The molecule has 2 unspecified atom stereocenters. The molecule has 2 aliphatic rings. The number of carbonyl (C=O) groups excluding carboxylic acids is 2. The lowest BCUT2D eigenvalue weighted by Gasteiger charge is -2.31. The third-order valence-electron chi connectivity index (χ3n) is 7.97. The fraction of sp³-hybridized carbons (Fsp3) is 0.600. The van der Waals surface area contributed by atoms with Crippen LogP contribution in [-0.4, -0.2) is 71.4 Å². The smallest absolute Gasteiger partial charge is 0.307 e. The Morgan fingerprint density at radius 3 is 2.38 bits per heavy atom. The number of thioether (sulfide) groups is 1. The van der Waals surface area contributed by atoms with E-state index >= 15 is 0 Å². The summed E-state index contributed by atoms with van der Waals surface area (Å²) in [6.07, 6.45) is 0.543. The third kappa shape index (κ3) is 8.86. The number of benzene rings is 2. The van der Waals surface area contributed by atoms with Gasteiger partial charge in [-0.15, -0.1) is 11.8 Å². The van der Waals surface area contributed by atoms with E-state index in [1.54, 1.807) is 0 Å². The van der Waals surface area contributed by atoms with E-state index in [0.29, 0.717) is 37.8 Å². The van der Waals surface area contributed by atoms with Gasteiger partial charge in [0.2, 0.25) is 5.91 Å². The van der Waals surface area contributed by atoms with Crippen LogP contribution in [0.4, 0.5) is 0 Å². The summed E-state index contributed by atoms with van der Waals surface area (Å²) in [5.41, 5.74) is 3.06. The molecule has 0 radical (unpaired) electrons. The van der Waals surface area contributed by atoms with Gasteiger partial charge in [-0.2, -0.15) is 4.89 Å². The number of phenolic OH excluding ortho intramolecular Hbond substituents is 1. The number of ether oxygens (including phenoxy) is 2. The number of esters is 1. The quantitative estimate of drug-likeness (QED) is 0.206. The highest BCUT2D eigenvalue weighted by Crippen LogP contribution is 2.48. The van der Waals surface area contributed by atoms with Crippen LogP contribution in [0.5, 0.6) is 17.2 Å². The van der Waals surface area contributed by atoms with Gasteiger partial charge in [-0.25, -0.2) is 0 Å². The molecule has 10 heteroatoms. The van der Waals surface area contributed by atoms with Crippen LogP contribution in [0, 0.1) is 0 Å². The van der Waals surface area contributed by atoms with Crippen molar-refractivity contribution in [2.45, 2.75) is 102 Å². The zero-order valence-corrected chi connectivity index (χ0v) is 29.1. The van der Waals surface area contributed by atoms with Crippen LogP contribution >= 0.6 is 11.8 Å². The van der Waals surface area contributed by atoms with E-state index in [9.17, 15) is 14.7 Å². The minimum atomic E-state index is -0.529. The van der Waals surface area contributed by atoms with Crippen molar-refractivity contribution in [1.29, 1.82) is 0 Å². The number of carbonyl (C=O) groups is 2. The minimum absolute atomic E-state index is 0.0299. The summed E-state index contributed by atoms with van der Waals surface area (Å²) >= 11 is 1.50. The van der Waals surface area contributed by atoms with Gasteiger partial charge < -0.3 is 29.3 Å². The Hall–Kier alpha value is -2.95. The summed E-state index contributed by atoms with van der Waals surface area (Å²) in [5.74, 6) is 1.31. The predicted molar refractivity (Wildman–Crippen MR) is 177 cm³/mol. The van der Waals surface area contributed by atoms with Crippen LogP contribution in [0.1, 0.15) is 95.9 Å². The van der Waals surface area contributed by atoms with Crippen molar-refractivity contribution in [3.63, 3.8) is 0 Å². The highest BCUT2D eigenvalue weighted by Gasteiger charge is 2.43. The minimum Gasteiger partial charge on any atom is -0.507 e. The molecule has 2 aromatic rings. The van der Waals surface area contributed by atoms with Crippen molar-refractivity contribution in [3.8, 4) is 17.2 Å². The first-order valence-electron chi connectivity index (χ1n) is 15.8. The predicted octanol–water partition coefficient (Wildman–Crippen LogP) is 6.50. The summed E-state index contributed by atoms with van der Waals surface area (Å²) in [6.45, 7) is 19.1. The Bertz CT molecular complexity index is 1330. The maximum atomic E-state index is 13.8. The summed E-state index contributed by atoms with van der Waals surface area (Å²) < 4.78 is 11.3. The molecule has 4 rings (SSSR count). The number of phenols is 1. The van der Waals surface area contributed by atoms with Crippen LogP contribution in [0.25, 0.3) is 0 Å². The first kappa shape index (κ1) is 34.9. The van der Waals surface area contributed by atoms with Crippen molar-refractivity contribution in [1.82, 2.24) is 9.80 Å². The second-order valence-electron chi connectivity index (χ2n) is 14.3. The first-order valence-corrected chi connectivity index (χ1v) is 16.8. The van der Waals surface area contributed by atoms with Gasteiger partial charge in [0.25, 0.3) is 0 Å². The molecule has 2 aromatic carbocycles. The Balaban J connectivity index is 1.47. The molecular formula is C35H50N2O7S. The fourth-order valence-corrected chi connectivity index (χ4v) is 6.98. The standard InChI is InChI=1S/C35H50N2O7S/c1-22(2)43-30(38)20-29-32(40)37(14-10-13-36(9)15-16-41-25-12-11-23-21-42-44-28(23)19-25)33(45-29)24-17-26(34(3,4)5)31(39)27(18-24)35(6,7)8/h11-12,17-19,22,29,33,39H,10,13-16,20-21H2,1-9H3.